The number of hydrogen-bond acceptors (Lipinski definition) is 2. The molecule has 1 aliphatic heterocycles. The van der Waals surface area contributed by atoms with Crippen molar-refractivity contribution in [1.29, 1.82) is 0 Å². The maximum atomic E-state index is 4.59. The lowest BCUT2D eigenvalue weighted by Crippen LogP contribution is -2.24. The summed E-state index contributed by atoms with van der Waals surface area (Å²) in [6.07, 6.45) is 5.90. The van der Waals surface area contributed by atoms with Crippen LogP contribution in [0.1, 0.15) is 37.8 Å². The molecule has 18 heavy (non-hydrogen) atoms. The van der Waals surface area contributed by atoms with Gasteiger partial charge in [0.2, 0.25) is 0 Å². The number of nitrogens with zero attached hydrogens (tertiary/aromatic N) is 2. The van der Waals surface area contributed by atoms with E-state index >= 15 is 0 Å². The molecule has 0 spiro atoms. The molecule has 1 aliphatic rings. The summed E-state index contributed by atoms with van der Waals surface area (Å²) in [5, 5.41) is 1.26. The van der Waals surface area contributed by atoms with Gasteiger partial charge in [-0.3, -0.25) is 9.88 Å². The average Bonchev–Trinajstić information content (AvgIpc) is 2.87. The molecule has 2 nitrogen and oxygen atoms in total. The van der Waals surface area contributed by atoms with E-state index in [9.17, 15) is 0 Å². The number of aromatic nitrogens is 1. The number of hydrogen-bond donors (Lipinski definition) is 0. The van der Waals surface area contributed by atoms with Gasteiger partial charge in [0.15, 0.2) is 0 Å². The van der Waals surface area contributed by atoms with Gasteiger partial charge in [-0.1, -0.05) is 25.1 Å². The van der Waals surface area contributed by atoms with Crippen molar-refractivity contribution < 1.29 is 0 Å². The Morgan fingerprint density at radius 2 is 2.22 bits per heavy atom. The van der Waals surface area contributed by atoms with Crippen LogP contribution in [0.15, 0.2) is 36.5 Å². The predicted molar refractivity (Wildman–Crippen MR) is 75.6 cm³/mol. The van der Waals surface area contributed by atoms with Crippen LogP contribution in [-0.4, -0.2) is 23.0 Å². The minimum absolute atomic E-state index is 0.585. The van der Waals surface area contributed by atoms with Crippen LogP contribution in [0.3, 0.4) is 0 Å². The normalized spacial score (nSPS) is 20.6. The summed E-state index contributed by atoms with van der Waals surface area (Å²) in [5.41, 5.74) is 2.49. The van der Waals surface area contributed by atoms with E-state index in [0.29, 0.717) is 6.04 Å². The van der Waals surface area contributed by atoms with Gasteiger partial charge in [-0.05, 0) is 50.0 Å². The molecule has 0 radical (unpaired) electrons. The standard InChI is InChI=1S/C16H20N2/c1-2-9-18-10-5-8-16(18)14-11-13-6-3-4-7-15(13)17-12-14/h3-4,6-7,11-12,16H,2,5,8-10H2,1H3/t16-/m1/s1. The Kier molecular flexibility index (Phi) is 3.28. The van der Waals surface area contributed by atoms with Gasteiger partial charge in [-0.2, -0.15) is 0 Å². The van der Waals surface area contributed by atoms with Crippen LogP contribution in [0.2, 0.25) is 0 Å². The van der Waals surface area contributed by atoms with Crippen LogP contribution in [0.25, 0.3) is 10.9 Å². The Hall–Kier alpha value is -1.41. The van der Waals surface area contributed by atoms with Gasteiger partial charge in [0.1, 0.15) is 0 Å². The van der Waals surface area contributed by atoms with Crippen molar-refractivity contribution in [2.24, 2.45) is 0 Å². The average molecular weight is 240 g/mol. The van der Waals surface area contributed by atoms with Gasteiger partial charge in [0.25, 0.3) is 0 Å². The van der Waals surface area contributed by atoms with E-state index < -0.39 is 0 Å². The topological polar surface area (TPSA) is 16.1 Å². The number of para-hydroxylation sites is 1. The summed E-state index contributed by atoms with van der Waals surface area (Å²) in [5.74, 6) is 0. The molecule has 1 aromatic carbocycles. The SMILES string of the molecule is CCCN1CCC[C@@H]1c1cnc2ccccc2c1. The first kappa shape index (κ1) is 11.7. The molecule has 0 saturated carbocycles. The minimum atomic E-state index is 0.585. The van der Waals surface area contributed by atoms with Crippen LogP contribution in [0.4, 0.5) is 0 Å². The number of likely N-dealkylation sites (tertiary alicyclic amines) is 1. The third-order valence-corrected chi connectivity index (χ3v) is 3.87. The van der Waals surface area contributed by atoms with Gasteiger partial charge in [0.05, 0.1) is 5.52 Å². The van der Waals surface area contributed by atoms with Crippen molar-refractivity contribution >= 4 is 10.9 Å². The number of benzene rings is 1. The van der Waals surface area contributed by atoms with E-state index in [2.05, 4.69) is 47.3 Å². The van der Waals surface area contributed by atoms with Gasteiger partial charge in [-0.15, -0.1) is 0 Å². The molecule has 0 N–H and O–H groups in total. The molecular formula is C16H20N2. The monoisotopic (exact) mass is 240 g/mol. The Labute approximate surface area is 109 Å². The fraction of sp³-hybridized carbons (Fsp3) is 0.438. The highest BCUT2D eigenvalue weighted by atomic mass is 15.2. The number of fused-ring (bicyclic) bond motifs is 1. The van der Waals surface area contributed by atoms with Crippen LogP contribution in [0, 0.1) is 0 Å². The van der Waals surface area contributed by atoms with E-state index in [1.807, 2.05) is 6.07 Å². The van der Waals surface area contributed by atoms with Gasteiger partial charge < -0.3 is 0 Å². The van der Waals surface area contributed by atoms with Crippen molar-refractivity contribution in [3.8, 4) is 0 Å². The maximum Gasteiger partial charge on any atom is 0.0702 e. The molecule has 2 aromatic rings. The summed E-state index contributed by atoms with van der Waals surface area (Å²) >= 11 is 0. The second-order valence-corrected chi connectivity index (χ2v) is 5.16. The first-order valence-corrected chi connectivity index (χ1v) is 6.97. The molecule has 1 fully saturated rings. The number of rotatable bonds is 3. The molecular weight excluding hydrogens is 220 g/mol. The smallest absolute Gasteiger partial charge is 0.0702 e. The zero-order valence-corrected chi connectivity index (χ0v) is 11.0. The molecule has 1 saturated heterocycles. The van der Waals surface area contributed by atoms with Gasteiger partial charge in [-0.25, -0.2) is 0 Å². The molecule has 0 unspecified atom stereocenters. The van der Waals surface area contributed by atoms with Crippen LogP contribution < -0.4 is 0 Å². The molecule has 3 rings (SSSR count). The van der Waals surface area contributed by atoms with Crippen LogP contribution >= 0.6 is 0 Å². The van der Waals surface area contributed by atoms with Crippen LogP contribution in [-0.2, 0) is 0 Å². The summed E-state index contributed by atoms with van der Waals surface area (Å²) < 4.78 is 0. The van der Waals surface area contributed by atoms with Crippen molar-refractivity contribution in [3.05, 3.63) is 42.1 Å². The third-order valence-electron chi connectivity index (χ3n) is 3.87. The lowest BCUT2D eigenvalue weighted by molar-refractivity contribution is 0.257. The van der Waals surface area contributed by atoms with E-state index in [4.69, 9.17) is 0 Å². The maximum absolute atomic E-state index is 4.59. The number of pyridine rings is 1. The Balaban J connectivity index is 1.93. The molecule has 2 heterocycles. The second-order valence-electron chi connectivity index (χ2n) is 5.16. The van der Waals surface area contributed by atoms with E-state index in [1.54, 1.807) is 0 Å². The zero-order chi connectivity index (χ0) is 12.4. The van der Waals surface area contributed by atoms with Crippen molar-refractivity contribution in [2.45, 2.75) is 32.2 Å². The van der Waals surface area contributed by atoms with E-state index in [1.165, 1.54) is 43.3 Å². The zero-order valence-electron chi connectivity index (χ0n) is 11.0. The highest BCUT2D eigenvalue weighted by molar-refractivity contribution is 5.78. The van der Waals surface area contributed by atoms with Gasteiger partial charge >= 0.3 is 0 Å². The van der Waals surface area contributed by atoms with Crippen molar-refractivity contribution in [3.63, 3.8) is 0 Å². The fourth-order valence-corrected chi connectivity index (χ4v) is 3.03. The van der Waals surface area contributed by atoms with Crippen LogP contribution in [0.5, 0.6) is 0 Å². The summed E-state index contributed by atoms with van der Waals surface area (Å²) in [6, 6.07) is 11.3. The molecule has 1 atom stereocenters. The van der Waals surface area contributed by atoms with Crippen molar-refractivity contribution in [2.75, 3.05) is 13.1 Å². The minimum Gasteiger partial charge on any atom is -0.296 e. The fourth-order valence-electron chi connectivity index (χ4n) is 3.03. The Bertz CT molecular complexity index is 535. The molecule has 2 heteroatoms. The summed E-state index contributed by atoms with van der Waals surface area (Å²) in [7, 11) is 0. The molecule has 1 aromatic heterocycles. The van der Waals surface area contributed by atoms with E-state index in [0.717, 1.165) is 5.52 Å². The van der Waals surface area contributed by atoms with Gasteiger partial charge in [0, 0.05) is 17.6 Å². The lowest BCUT2D eigenvalue weighted by atomic mass is 10.0. The highest BCUT2D eigenvalue weighted by Crippen LogP contribution is 2.32. The predicted octanol–water partition coefficient (Wildman–Crippen LogP) is 3.78. The third kappa shape index (κ3) is 2.13. The Morgan fingerprint density at radius 1 is 1.33 bits per heavy atom. The molecule has 0 bridgehead atoms. The quantitative estimate of drug-likeness (QED) is 0.811. The first-order valence-electron chi connectivity index (χ1n) is 6.97. The largest absolute Gasteiger partial charge is 0.296 e. The molecule has 94 valence electrons. The second kappa shape index (κ2) is 5.07. The summed E-state index contributed by atoms with van der Waals surface area (Å²) in [4.78, 5) is 7.20. The first-order chi connectivity index (χ1) is 8.88. The highest BCUT2D eigenvalue weighted by Gasteiger charge is 2.25. The molecule has 0 amide bonds. The Morgan fingerprint density at radius 3 is 3.11 bits per heavy atom. The lowest BCUT2D eigenvalue weighted by Gasteiger charge is -2.24. The van der Waals surface area contributed by atoms with Crippen molar-refractivity contribution in [1.82, 2.24) is 9.88 Å². The van der Waals surface area contributed by atoms with E-state index in [-0.39, 0.29) is 0 Å². The molecule has 0 aliphatic carbocycles. The summed E-state index contributed by atoms with van der Waals surface area (Å²) in [6.45, 7) is 4.71.